The van der Waals surface area contributed by atoms with Crippen LogP contribution in [-0.4, -0.2) is 18.4 Å². The molecule has 1 aliphatic rings. The van der Waals surface area contributed by atoms with Crippen LogP contribution in [-0.2, 0) is 14.3 Å². The molecule has 17 heavy (non-hydrogen) atoms. The van der Waals surface area contributed by atoms with Gasteiger partial charge in [-0.3, -0.25) is 9.59 Å². The van der Waals surface area contributed by atoms with Crippen molar-refractivity contribution < 1.29 is 14.3 Å². The summed E-state index contributed by atoms with van der Waals surface area (Å²) >= 11 is 0. The van der Waals surface area contributed by atoms with Crippen LogP contribution in [0.25, 0.3) is 0 Å². The smallest absolute Gasteiger partial charge is 0.319 e. The molecule has 0 heterocycles. The zero-order valence-corrected chi connectivity index (χ0v) is 11.3. The van der Waals surface area contributed by atoms with Gasteiger partial charge in [-0.25, -0.2) is 0 Å². The Labute approximate surface area is 104 Å². The van der Waals surface area contributed by atoms with E-state index in [0.717, 1.165) is 25.7 Å². The number of hydrogen-bond acceptors (Lipinski definition) is 3. The van der Waals surface area contributed by atoms with Gasteiger partial charge in [0.15, 0.2) is 0 Å². The number of ketones is 1. The molecular weight excluding hydrogens is 216 g/mol. The first-order valence-electron chi connectivity index (χ1n) is 6.83. The summed E-state index contributed by atoms with van der Waals surface area (Å²) in [4.78, 5) is 24.5. The Morgan fingerprint density at radius 2 is 1.94 bits per heavy atom. The molecule has 0 spiro atoms. The van der Waals surface area contributed by atoms with Crippen molar-refractivity contribution in [2.75, 3.05) is 6.61 Å². The van der Waals surface area contributed by atoms with Crippen molar-refractivity contribution in [2.24, 2.45) is 11.3 Å². The molecular formula is C14H24O3. The highest BCUT2D eigenvalue weighted by Crippen LogP contribution is 2.44. The lowest BCUT2D eigenvalue weighted by Crippen LogP contribution is -2.48. The summed E-state index contributed by atoms with van der Waals surface area (Å²) in [6.45, 7) is 6.26. The molecule has 1 saturated carbocycles. The Morgan fingerprint density at radius 1 is 1.29 bits per heavy atom. The molecule has 1 rings (SSSR count). The summed E-state index contributed by atoms with van der Waals surface area (Å²) in [7, 11) is 0. The maximum Gasteiger partial charge on any atom is 0.319 e. The molecule has 1 unspecified atom stereocenters. The maximum atomic E-state index is 12.3. The summed E-state index contributed by atoms with van der Waals surface area (Å²) < 4.78 is 5.18. The van der Waals surface area contributed by atoms with Crippen molar-refractivity contribution in [2.45, 2.75) is 59.3 Å². The van der Waals surface area contributed by atoms with E-state index in [4.69, 9.17) is 4.74 Å². The number of rotatable bonds is 5. The minimum absolute atomic E-state index is 0.107. The second kappa shape index (κ2) is 6.18. The van der Waals surface area contributed by atoms with E-state index in [-0.39, 0.29) is 17.7 Å². The standard InChI is InChI=1S/C14H24O3/c1-4-11(5-2)14(13(16)17-6-3)10-8-7-9-12(14)15/h11H,4-10H2,1-3H3. The summed E-state index contributed by atoms with van der Waals surface area (Å²) in [5.74, 6) is -0.0383. The third-order valence-corrected chi connectivity index (χ3v) is 4.04. The van der Waals surface area contributed by atoms with Crippen LogP contribution in [0.3, 0.4) is 0 Å². The second-order valence-electron chi connectivity index (χ2n) is 4.84. The molecule has 0 aromatic heterocycles. The third kappa shape index (κ3) is 2.53. The largest absolute Gasteiger partial charge is 0.465 e. The fourth-order valence-corrected chi connectivity index (χ4v) is 3.11. The van der Waals surface area contributed by atoms with E-state index in [1.54, 1.807) is 6.92 Å². The second-order valence-corrected chi connectivity index (χ2v) is 4.84. The van der Waals surface area contributed by atoms with Gasteiger partial charge in [-0.05, 0) is 25.7 Å². The maximum absolute atomic E-state index is 12.3. The topological polar surface area (TPSA) is 43.4 Å². The molecule has 0 radical (unpaired) electrons. The van der Waals surface area contributed by atoms with E-state index in [9.17, 15) is 9.59 Å². The van der Waals surface area contributed by atoms with E-state index in [1.165, 1.54) is 0 Å². The Balaban J connectivity index is 3.05. The van der Waals surface area contributed by atoms with E-state index in [2.05, 4.69) is 13.8 Å². The van der Waals surface area contributed by atoms with Crippen LogP contribution >= 0.6 is 0 Å². The molecule has 0 saturated heterocycles. The first-order chi connectivity index (χ1) is 8.13. The lowest BCUT2D eigenvalue weighted by atomic mass is 9.63. The van der Waals surface area contributed by atoms with Crippen LogP contribution < -0.4 is 0 Å². The predicted molar refractivity (Wildman–Crippen MR) is 66.6 cm³/mol. The number of carbonyl (C=O) groups is 2. The summed E-state index contributed by atoms with van der Waals surface area (Å²) in [6.07, 6.45) is 4.82. The quantitative estimate of drug-likeness (QED) is 0.548. The highest BCUT2D eigenvalue weighted by Gasteiger charge is 2.52. The molecule has 0 aliphatic heterocycles. The average molecular weight is 240 g/mol. The van der Waals surface area contributed by atoms with Gasteiger partial charge in [0.25, 0.3) is 0 Å². The van der Waals surface area contributed by atoms with Gasteiger partial charge in [0, 0.05) is 6.42 Å². The van der Waals surface area contributed by atoms with Crippen LogP contribution in [0.5, 0.6) is 0 Å². The van der Waals surface area contributed by atoms with Crippen LogP contribution in [0.2, 0.25) is 0 Å². The minimum atomic E-state index is -0.836. The molecule has 0 amide bonds. The highest BCUT2D eigenvalue weighted by molar-refractivity contribution is 6.04. The van der Waals surface area contributed by atoms with Gasteiger partial charge in [-0.15, -0.1) is 0 Å². The molecule has 98 valence electrons. The first kappa shape index (κ1) is 14.2. The molecule has 1 fully saturated rings. The molecule has 0 N–H and O–H groups in total. The molecule has 1 aliphatic carbocycles. The molecule has 3 heteroatoms. The van der Waals surface area contributed by atoms with E-state index < -0.39 is 5.41 Å². The third-order valence-electron chi connectivity index (χ3n) is 4.04. The van der Waals surface area contributed by atoms with Gasteiger partial charge in [0.1, 0.15) is 11.2 Å². The Morgan fingerprint density at radius 3 is 2.41 bits per heavy atom. The van der Waals surface area contributed by atoms with Gasteiger partial charge >= 0.3 is 5.97 Å². The van der Waals surface area contributed by atoms with Crippen molar-refractivity contribution in [1.82, 2.24) is 0 Å². The molecule has 0 aromatic rings. The SMILES string of the molecule is CCOC(=O)C1(C(CC)CC)CCCCC1=O. The van der Waals surface area contributed by atoms with Crippen molar-refractivity contribution in [3.05, 3.63) is 0 Å². The first-order valence-corrected chi connectivity index (χ1v) is 6.83. The summed E-state index contributed by atoms with van der Waals surface area (Å²) in [5, 5.41) is 0. The van der Waals surface area contributed by atoms with Gasteiger partial charge < -0.3 is 4.74 Å². The zero-order chi connectivity index (χ0) is 12.9. The predicted octanol–water partition coefficient (Wildman–Crippen LogP) is 3.12. The van der Waals surface area contributed by atoms with Crippen LogP contribution in [0.1, 0.15) is 59.3 Å². The van der Waals surface area contributed by atoms with Crippen molar-refractivity contribution in [3.63, 3.8) is 0 Å². The highest BCUT2D eigenvalue weighted by atomic mass is 16.5. The van der Waals surface area contributed by atoms with Gasteiger partial charge in [-0.2, -0.15) is 0 Å². The molecule has 3 nitrogen and oxygen atoms in total. The average Bonchev–Trinajstić information content (AvgIpc) is 2.33. The Hall–Kier alpha value is -0.860. The lowest BCUT2D eigenvalue weighted by molar-refractivity contribution is -0.167. The molecule has 0 aromatic carbocycles. The number of hydrogen-bond donors (Lipinski definition) is 0. The van der Waals surface area contributed by atoms with Crippen LogP contribution in [0.4, 0.5) is 0 Å². The van der Waals surface area contributed by atoms with Crippen molar-refractivity contribution in [3.8, 4) is 0 Å². The lowest BCUT2D eigenvalue weighted by Gasteiger charge is -2.39. The van der Waals surface area contributed by atoms with Crippen LogP contribution in [0, 0.1) is 11.3 Å². The number of Topliss-reactive ketones (excluding diaryl/α,β-unsaturated/α-hetero) is 1. The van der Waals surface area contributed by atoms with Gasteiger partial charge in [0.2, 0.25) is 0 Å². The number of carbonyl (C=O) groups excluding carboxylic acids is 2. The monoisotopic (exact) mass is 240 g/mol. The molecule has 1 atom stereocenters. The fraction of sp³-hybridized carbons (Fsp3) is 0.857. The molecule has 0 bridgehead atoms. The Kier molecular flexibility index (Phi) is 5.16. The van der Waals surface area contributed by atoms with Crippen LogP contribution in [0.15, 0.2) is 0 Å². The van der Waals surface area contributed by atoms with Gasteiger partial charge in [0.05, 0.1) is 6.61 Å². The minimum Gasteiger partial charge on any atom is -0.465 e. The normalized spacial score (nSPS) is 25.1. The van der Waals surface area contributed by atoms with E-state index in [1.807, 2.05) is 0 Å². The van der Waals surface area contributed by atoms with Gasteiger partial charge in [-0.1, -0.05) is 33.1 Å². The number of ether oxygens (including phenoxy) is 1. The fourth-order valence-electron chi connectivity index (χ4n) is 3.11. The summed E-state index contributed by atoms with van der Waals surface area (Å²) in [5.41, 5.74) is -0.836. The van der Waals surface area contributed by atoms with E-state index in [0.29, 0.717) is 19.4 Å². The number of esters is 1. The van der Waals surface area contributed by atoms with Crippen molar-refractivity contribution >= 4 is 11.8 Å². The van der Waals surface area contributed by atoms with Crippen molar-refractivity contribution in [1.29, 1.82) is 0 Å². The van der Waals surface area contributed by atoms with E-state index >= 15 is 0 Å². The summed E-state index contributed by atoms with van der Waals surface area (Å²) in [6, 6.07) is 0. The zero-order valence-electron chi connectivity index (χ0n) is 11.3. The Bertz CT molecular complexity index is 281.